The van der Waals surface area contributed by atoms with E-state index in [4.69, 9.17) is 9.15 Å². The number of furan rings is 1. The number of halogens is 1. The Morgan fingerprint density at radius 3 is 2.56 bits per heavy atom. The van der Waals surface area contributed by atoms with Crippen molar-refractivity contribution in [2.24, 2.45) is 0 Å². The lowest BCUT2D eigenvalue weighted by molar-refractivity contribution is -0.118. The molecule has 36 heavy (non-hydrogen) atoms. The second kappa shape index (κ2) is 9.95. The fourth-order valence-electron chi connectivity index (χ4n) is 3.39. The number of hydrogen-bond donors (Lipinski definition) is 2. The SMILES string of the molecule is CNC(=O)c1c(-c2ccc(F)cc2)oc2cc(N(C)S(C)(=O)=O)c(OCC(=O)Nc3nccs3)cc12. The molecular formula is C23H21FN4O6S2. The van der Waals surface area contributed by atoms with Crippen LogP contribution < -0.4 is 19.7 Å². The van der Waals surface area contributed by atoms with Crippen molar-refractivity contribution in [2.75, 3.05) is 36.6 Å². The van der Waals surface area contributed by atoms with Crippen LogP contribution in [0.25, 0.3) is 22.3 Å². The van der Waals surface area contributed by atoms with Crippen molar-refractivity contribution in [3.63, 3.8) is 0 Å². The minimum Gasteiger partial charge on any atom is -0.482 e. The third-order valence-electron chi connectivity index (χ3n) is 5.20. The molecule has 188 valence electrons. The number of benzene rings is 2. The molecule has 2 aromatic heterocycles. The summed E-state index contributed by atoms with van der Waals surface area (Å²) >= 11 is 1.23. The van der Waals surface area contributed by atoms with Crippen molar-refractivity contribution in [3.05, 3.63) is 59.4 Å². The number of fused-ring (bicyclic) bond motifs is 1. The number of aromatic nitrogens is 1. The number of carbonyl (C=O) groups excluding carboxylic acids is 2. The Morgan fingerprint density at radius 2 is 1.94 bits per heavy atom. The first-order valence-corrected chi connectivity index (χ1v) is 13.2. The van der Waals surface area contributed by atoms with Gasteiger partial charge in [-0.3, -0.25) is 19.2 Å². The molecule has 0 spiro atoms. The number of nitrogens with zero attached hydrogens (tertiary/aromatic N) is 2. The summed E-state index contributed by atoms with van der Waals surface area (Å²) in [4.78, 5) is 29.1. The van der Waals surface area contributed by atoms with E-state index >= 15 is 0 Å². The van der Waals surface area contributed by atoms with Gasteiger partial charge in [0.25, 0.3) is 11.8 Å². The molecule has 0 radical (unpaired) electrons. The van der Waals surface area contributed by atoms with E-state index in [1.54, 1.807) is 5.38 Å². The summed E-state index contributed by atoms with van der Waals surface area (Å²) in [5, 5.41) is 7.52. The standard InChI is InChI=1S/C23H21FN4O6S2/c1-25-22(30)20-15-10-18(33-12-19(29)27-23-26-8-9-35-23)16(28(2)36(3,31)32)11-17(15)34-21(20)13-4-6-14(24)7-5-13/h4-11H,12H2,1-3H3,(H,25,30)(H,26,27,29). The Balaban J connectivity index is 1.83. The zero-order chi connectivity index (χ0) is 26.0. The molecule has 0 fully saturated rings. The fourth-order valence-corrected chi connectivity index (χ4v) is 4.44. The highest BCUT2D eigenvalue weighted by Gasteiger charge is 2.26. The quantitative estimate of drug-likeness (QED) is 0.355. The second-order valence-electron chi connectivity index (χ2n) is 7.61. The van der Waals surface area contributed by atoms with Crippen LogP contribution in [0.4, 0.5) is 15.2 Å². The summed E-state index contributed by atoms with van der Waals surface area (Å²) in [7, 11) is -0.958. The highest BCUT2D eigenvalue weighted by Crippen LogP contribution is 2.40. The van der Waals surface area contributed by atoms with Crippen LogP contribution in [0.2, 0.25) is 0 Å². The summed E-state index contributed by atoms with van der Waals surface area (Å²) in [5.41, 5.74) is 0.868. The minimum absolute atomic E-state index is 0.0290. The van der Waals surface area contributed by atoms with Gasteiger partial charge in [0.15, 0.2) is 11.7 Å². The fraction of sp³-hybridized carbons (Fsp3) is 0.174. The van der Waals surface area contributed by atoms with E-state index in [2.05, 4.69) is 15.6 Å². The number of hydrogen-bond acceptors (Lipinski definition) is 8. The maximum absolute atomic E-state index is 13.5. The first-order chi connectivity index (χ1) is 17.1. The number of carbonyl (C=O) groups is 2. The van der Waals surface area contributed by atoms with Crippen LogP contribution in [0.1, 0.15) is 10.4 Å². The van der Waals surface area contributed by atoms with Crippen molar-refractivity contribution in [1.82, 2.24) is 10.3 Å². The van der Waals surface area contributed by atoms with Crippen molar-refractivity contribution >= 4 is 55.0 Å². The van der Waals surface area contributed by atoms with Gasteiger partial charge in [-0.1, -0.05) is 0 Å². The second-order valence-corrected chi connectivity index (χ2v) is 10.5. The van der Waals surface area contributed by atoms with Crippen LogP contribution in [0.15, 0.2) is 52.4 Å². The Kier molecular flexibility index (Phi) is 6.95. The largest absolute Gasteiger partial charge is 0.482 e. The van der Waals surface area contributed by atoms with Gasteiger partial charge in [0.2, 0.25) is 10.0 Å². The third kappa shape index (κ3) is 5.16. The van der Waals surface area contributed by atoms with Crippen molar-refractivity contribution < 1.29 is 31.6 Å². The van der Waals surface area contributed by atoms with E-state index in [1.807, 2.05) is 0 Å². The predicted molar refractivity (Wildman–Crippen MR) is 134 cm³/mol. The monoisotopic (exact) mass is 532 g/mol. The number of sulfonamides is 1. The van der Waals surface area contributed by atoms with Gasteiger partial charge in [-0.2, -0.15) is 0 Å². The molecule has 0 saturated carbocycles. The third-order valence-corrected chi connectivity index (χ3v) is 7.08. The highest BCUT2D eigenvalue weighted by atomic mass is 32.2. The zero-order valence-corrected chi connectivity index (χ0v) is 21.0. The molecule has 10 nitrogen and oxygen atoms in total. The number of thiazole rings is 1. The van der Waals surface area contributed by atoms with Crippen LogP contribution in [0, 0.1) is 5.82 Å². The van der Waals surface area contributed by atoms with Crippen LogP contribution in [-0.2, 0) is 14.8 Å². The summed E-state index contributed by atoms with van der Waals surface area (Å²) in [6.45, 7) is -0.451. The van der Waals surface area contributed by atoms with E-state index in [1.165, 1.54) is 68.0 Å². The minimum atomic E-state index is -3.73. The summed E-state index contributed by atoms with van der Waals surface area (Å²) in [6, 6.07) is 8.23. The topological polar surface area (TPSA) is 131 Å². The number of amides is 2. The normalized spacial score (nSPS) is 11.3. The lowest BCUT2D eigenvalue weighted by Gasteiger charge is -2.20. The van der Waals surface area contributed by atoms with Crippen LogP contribution >= 0.6 is 11.3 Å². The van der Waals surface area contributed by atoms with Gasteiger partial charge in [0.1, 0.15) is 22.9 Å². The molecule has 4 aromatic rings. The molecule has 0 aliphatic heterocycles. The Labute approximate surface area is 209 Å². The molecule has 0 unspecified atom stereocenters. The lowest BCUT2D eigenvalue weighted by Crippen LogP contribution is -2.26. The number of rotatable bonds is 8. The molecule has 4 rings (SSSR count). The molecular weight excluding hydrogens is 511 g/mol. The summed E-state index contributed by atoms with van der Waals surface area (Å²) < 4.78 is 50.7. The molecule has 0 atom stereocenters. The first-order valence-electron chi connectivity index (χ1n) is 10.4. The Bertz CT molecular complexity index is 1530. The lowest BCUT2D eigenvalue weighted by atomic mass is 10.0. The van der Waals surface area contributed by atoms with Crippen LogP contribution in [-0.4, -0.2) is 52.2 Å². The number of anilines is 2. The molecule has 0 aliphatic rings. The highest BCUT2D eigenvalue weighted by molar-refractivity contribution is 7.92. The Morgan fingerprint density at radius 1 is 1.22 bits per heavy atom. The van der Waals surface area contributed by atoms with E-state index in [0.717, 1.165) is 10.6 Å². The van der Waals surface area contributed by atoms with Gasteiger partial charge in [-0.05, 0) is 30.3 Å². The maximum Gasteiger partial charge on any atom is 0.264 e. The smallest absolute Gasteiger partial charge is 0.264 e. The molecule has 2 aromatic carbocycles. The van der Waals surface area contributed by atoms with Gasteiger partial charge in [-0.15, -0.1) is 11.3 Å². The summed E-state index contributed by atoms with van der Waals surface area (Å²) in [6.07, 6.45) is 2.55. The van der Waals surface area contributed by atoms with E-state index in [9.17, 15) is 22.4 Å². The van der Waals surface area contributed by atoms with Gasteiger partial charge < -0.3 is 14.5 Å². The van der Waals surface area contributed by atoms with Crippen LogP contribution in [0.5, 0.6) is 5.75 Å². The molecule has 2 heterocycles. The average Bonchev–Trinajstić information content (AvgIpc) is 3.48. The zero-order valence-electron chi connectivity index (χ0n) is 19.4. The van der Waals surface area contributed by atoms with Crippen molar-refractivity contribution in [2.45, 2.75) is 0 Å². The van der Waals surface area contributed by atoms with E-state index in [-0.39, 0.29) is 28.3 Å². The molecule has 0 aliphatic carbocycles. The molecule has 13 heteroatoms. The molecule has 0 saturated heterocycles. The maximum atomic E-state index is 13.5. The van der Waals surface area contributed by atoms with Gasteiger partial charge in [0.05, 0.1) is 17.5 Å². The van der Waals surface area contributed by atoms with Gasteiger partial charge in [-0.25, -0.2) is 17.8 Å². The molecule has 2 amide bonds. The Hall–Kier alpha value is -3.97. The van der Waals surface area contributed by atoms with E-state index in [0.29, 0.717) is 16.1 Å². The van der Waals surface area contributed by atoms with Crippen molar-refractivity contribution in [1.29, 1.82) is 0 Å². The molecule has 2 N–H and O–H groups in total. The van der Waals surface area contributed by atoms with Gasteiger partial charge >= 0.3 is 0 Å². The van der Waals surface area contributed by atoms with Crippen LogP contribution in [0.3, 0.4) is 0 Å². The average molecular weight is 533 g/mol. The van der Waals surface area contributed by atoms with Crippen molar-refractivity contribution in [3.8, 4) is 17.1 Å². The molecule has 0 bridgehead atoms. The first kappa shape index (κ1) is 25.1. The summed E-state index contributed by atoms with van der Waals surface area (Å²) in [5.74, 6) is -1.26. The van der Waals surface area contributed by atoms with Gasteiger partial charge in [0, 0.05) is 42.7 Å². The number of nitrogens with one attached hydrogen (secondary N) is 2. The van der Waals surface area contributed by atoms with E-state index < -0.39 is 34.3 Å². The number of ether oxygens (including phenoxy) is 1. The predicted octanol–water partition coefficient (Wildman–Crippen LogP) is 3.47.